The molecule has 0 saturated carbocycles. The average molecular weight is 403 g/mol. The van der Waals surface area contributed by atoms with Gasteiger partial charge in [0, 0.05) is 0 Å². The zero-order valence-electron chi connectivity index (χ0n) is 16.3. The average Bonchev–Trinajstić information content (AvgIpc) is 3.12. The number of rotatable bonds is 17. The van der Waals surface area contributed by atoms with E-state index in [0.29, 0.717) is 17.1 Å². The monoisotopic (exact) mass is 402 g/mol. The number of carbonyl (C=O) groups is 1. The Bertz CT molecular complexity index is 469. The van der Waals surface area contributed by atoms with E-state index in [2.05, 4.69) is 17.1 Å². The van der Waals surface area contributed by atoms with Crippen molar-refractivity contribution >= 4 is 29.5 Å². The van der Waals surface area contributed by atoms with Crippen molar-refractivity contribution in [2.45, 2.75) is 94.4 Å². The molecule has 0 amide bonds. The van der Waals surface area contributed by atoms with E-state index in [1.165, 1.54) is 87.7 Å². The van der Waals surface area contributed by atoms with Gasteiger partial charge in [0.25, 0.3) is 10.4 Å². The highest BCUT2D eigenvalue weighted by molar-refractivity contribution is 7.99. The lowest BCUT2D eigenvalue weighted by Gasteiger charge is -2.04. The third kappa shape index (κ3) is 12.6. The highest BCUT2D eigenvalue weighted by atomic mass is 32.2. The first kappa shape index (κ1) is 23.3. The quantitative estimate of drug-likeness (QED) is 0.176. The fraction of sp³-hybridized carbons (Fsp3) is 0.842. The lowest BCUT2D eigenvalue weighted by molar-refractivity contribution is -0.140. The van der Waals surface area contributed by atoms with Crippen LogP contribution in [0, 0.1) is 0 Å². The molecule has 0 aromatic carbocycles. The second-order valence-corrected chi connectivity index (χ2v) is 8.12. The fourth-order valence-electron chi connectivity index (χ4n) is 2.63. The van der Waals surface area contributed by atoms with Gasteiger partial charge in [-0.2, -0.15) is 0 Å². The van der Waals surface area contributed by atoms with Crippen LogP contribution >= 0.6 is 23.5 Å². The van der Waals surface area contributed by atoms with Crippen molar-refractivity contribution in [2.75, 3.05) is 18.6 Å². The number of nitrogens with zero attached hydrogens (tertiary/aromatic N) is 2. The van der Waals surface area contributed by atoms with Crippen molar-refractivity contribution in [3.05, 3.63) is 0 Å². The Hall–Kier alpha value is -0.690. The first-order valence-corrected chi connectivity index (χ1v) is 12.1. The minimum absolute atomic E-state index is 0.217. The summed E-state index contributed by atoms with van der Waals surface area (Å²) in [6.07, 6.45) is 17.5. The van der Waals surface area contributed by atoms with E-state index >= 15 is 0 Å². The summed E-state index contributed by atoms with van der Waals surface area (Å²) >= 11 is 2.61. The van der Waals surface area contributed by atoms with E-state index in [1.54, 1.807) is 0 Å². The Balaban J connectivity index is 1.83. The molecule has 0 saturated heterocycles. The Morgan fingerprint density at radius 2 is 1.42 bits per heavy atom. The molecule has 0 bridgehead atoms. The largest absolute Gasteiger partial charge is 0.465 e. The molecular formula is C19H34N2O3S2. The van der Waals surface area contributed by atoms with Crippen LogP contribution in [0.3, 0.4) is 0 Å². The second-order valence-electron chi connectivity index (χ2n) is 6.44. The highest BCUT2D eigenvalue weighted by Gasteiger charge is 2.09. The van der Waals surface area contributed by atoms with Crippen molar-refractivity contribution < 1.29 is 13.9 Å². The summed E-state index contributed by atoms with van der Waals surface area (Å²) < 4.78 is 10.5. The minimum Gasteiger partial charge on any atom is -0.465 e. The van der Waals surface area contributed by atoms with Gasteiger partial charge in [0.05, 0.1) is 6.61 Å². The Morgan fingerprint density at radius 3 is 1.96 bits per heavy atom. The van der Waals surface area contributed by atoms with Crippen LogP contribution in [0.5, 0.6) is 0 Å². The first-order valence-electron chi connectivity index (χ1n) is 9.92. The number of carbonyl (C=O) groups excluding carboxylic acids is 1. The zero-order chi connectivity index (χ0) is 18.9. The van der Waals surface area contributed by atoms with Gasteiger partial charge < -0.3 is 9.15 Å². The van der Waals surface area contributed by atoms with Crippen molar-refractivity contribution in [1.29, 1.82) is 0 Å². The lowest BCUT2D eigenvalue weighted by Crippen LogP contribution is -2.08. The number of unbranched alkanes of at least 4 members (excludes halogenated alkanes) is 11. The number of hydrogen-bond donors (Lipinski definition) is 0. The summed E-state index contributed by atoms with van der Waals surface area (Å²) in [6.45, 7) is 2.77. The van der Waals surface area contributed by atoms with Crippen molar-refractivity contribution in [3.8, 4) is 0 Å². The van der Waals surface area contributed by atoms with Crippen LogP contribution in [-0.4, -0.2) is 34.8 Å². The molecule has 5 nitrogen and oxygen atoms in total. The predicted octanol–water partition coefficient (Wildman–Crippen LogP) is 6.13. The van der Waals surface area contributed by atoms with E-state index in [1.807, 2.05) is 6.26 Å². The normalized spacial score (nSPS) is 11.0. The van der Waals surface area contributed by atoms with Gasteiger partial charge >= 0.3 is 5.97 Å². The van der Waals surface area contributed by atoms with Crippen LogP contribution in [0.1, 0.15) is 84.0 Å². The molecule has 1 rings (SSSR count). The third-order valence-electron chi connectivity index (χ3n) is 4.14. The smallest absolute Gasteiger partial charge is 0.316 e. The maximum absolute atomic E-state index is 11.7. The maximum atomic E-state index is 11.7. The molecule has 150 valence electrons. The SMILES string of the molecule is CCCCCCCCCCCCCCOC(=O)CSc1nnc(SC)o1. The Labute approximate surface area is 166 Å². The summed E-state index contributed by atoms with van der Waals surface area (Å²) in [5.41, 5.74) is 0. The number of aromatic nitrogens is 2. The first-order chi connectivity index (χ1) is 12.8. The van der Waals surface area contributed by atoms with Gasteiger partial charge in [-0.25, -0.2) is 0 Å². The van der Waals surface area contributed by atoms with Crippen LogP contribution in [0.25, 0.3) is 0 Å². The zero-order valence-corrected chi connectivity index (χ0v) is 18.0. The van der Waals surface area contributed by atoms with Gasteiger partial charge in [-0.15, -0.1) is 10.2 Å². The Kier molecular flexibility index (Phi) is 14.8. The van der Waals surface area contributed by atoms with Crippen LogP contribution in [-0.2, 0) is 9.53 Å². The van der Waals surface area contributed by atoms with Gasteiger partial charge in [0.1, 0.15) is 5.75 Å². The molecule has 0 aliphatic heterocycles. The van der Waals surface area contributed by atoms with Gasteiger partial charge in [-0.05, 0) is 12.7 Å². The number of esters is 1. The number of ether oxygens (including phenoxy) is 1. The molecule has 0 atom stereocenters. The molecule has 0 radical (unpaired) electrons. The maximum Gasteiger partial charge on any atom is 0.316 e. The van der Waals surface area contributed by atoms with Crippen LogP contribution < -0.4 is 0 Å². The minimum atomic E-state index is -0.220. The highest BCUT2D eigenvalue weighted by Crippen LogP contribution is 2.20. The summed E-state index contributed by atoms with van der Waals surface area (Å²) in [5.74, 6) is -0.00386. The van der Waals surface area contributed by atoms with E-state index < -0.39 is 0 Å². The van der Waals surface area contributed by atoms with Gasteiger partial charge in [0.2, 0.25) is 0 Å². The Morgan fingerprint density at radius 1 is 0.885 bits per heavy atom. The van der Waals surface area contributed by atoms with E-state index in [4.69, 9.17) is 9.15 Å². The van der Waals surface area contributed by atoms with E-state index in [0.717, 1.165) is 12.8 Å². The second kappa shape index (κ2) is 16.5. The van der Waals surface area contributed by atoms with Crippen LogP contribution in [0.2, 0.25) is 0 Å². The van der Waals surface area contributed by atoms with Gasteiger partial charge in [-0.1, -0.05) is 101 Å². The molecule has 26 heavy (non-hydrogen) atoms. The molecule has 0 unspecified atom stereocenters. The molecular weight excluding hydrogens is 368 g/mol. The standard InChI is InChI=1S/C19H34N2O3S2/c1-3-4-5-6-7-8-9-10-11-12-13-14-15-23-17(22)16-26-19-21-20-18(24-19)25-2/h3-16H2,1-2H3. The van der Waals surface area contributed by atoms with Crippen LogP contribution in [0.4, 0.5) is 0 Å². The molecule has 0 aliphatic rings. The lowest BCUT2D eigenvalue weighted by atomic mass is 10.1. The number of thioether (sulfide) groups is 2. The van der Waals surface area contributed by atoms with Crippen LogP contribution in [0.15, 0.2) is 14.9 Å². The van der Waals surface area contributed by atoms with E-state index in [-0.39, 0.29) is 11.7 Å². The summed E-state index contributed by atoms with van der Waals surface area (Å²) in [4.78, 5) is 11.7. The molecule has 1 heterocycles. The third-order valence-corrected chi connectivity index (χ3v) is 5.44. The van der Waals surface area contributed by atoms with Gasteiger partial charge in [0.15, 0.2) is 0 Å². The fourth-order valence-corrected chi connectivity index (χ4v) is 3.53. The van der Waals surface area contributed by atoms with Crippen molar-refractivity contribution in [3.63, 3.8) is 0 Å². The molecule has 1 aromatic heterocycles. The summed E-state index contributed by atoms with van der Waals surface area (Å²) in [7, 11) is 0. The summed E-state index contributed by atoms with van der Waals surface area (Å²) in [5, 5.41) is 8.60. The molecule has 7 heteroatoms. The molecule has 0 spiro atoms. The topological polar surface area (TPSA) is 65.2 Å². The molecule has 1 aromatic rings. The van der Waals surface area contributed by atoms with Gasteiger partial charge in [-0.3, -0.25) is 4.79 Å². The molecule has 0 N–H and O–H groups in total. The summed E-state index contributed by atoms with van der Waals surface area (Å²) in [6, 6.07) is 0. The van der Waals surface area contributed by atoms with Crippen molar-refractivity contribution in [2.24, 2.45) is 0 Å². The van der Waals surface area contributed by atoms with E-state index in [9.17, 15) is 4.79 Å². The molecule has 0 fully saturated rings. The predicted molar refractivity (Wildman–Crippen MR) is 109 cm³/mol. The van der Waals surface area contributed by atoms with Crippen molar-refractivity contribution in [1.82, 2.24) is 10.2 Å². The number of hydrogen-bond acceptors (Lipinski definition) is 7. The molecule has 0 aliphatic carbocycles.